The molecule has 1 amide bonds. The molecule has 0 saturated heterocycles. The van der Waals surface area contributed by atoms with Crippen molar-refractivity contribution in [3.63, 3.8) is 0 Å². The van der Waals surface area contributed by atoms with E-state index in [-0.39, 0.29) is 5.91 Å². The number of carbonyl (C=O) groups excluding carboxylic acids is 1. The molecule has 1 heterocycles. The second-order valence-electron chi connectivity index (χ2n) is 3.59. The van der Waals surface area contributed by atoms with E-state index in [1.807, 2.05) is 30.3 Å². The third-order valence-corrected chi connectivity index (χ3v) is 2.43. The highest BCUT2D eigenvalue weighted by molar-refractivity contribution is 5.79. The van der Waals surface area contributed by atoms with Crippen LogP contribution in [0.2, 0.25) is 0 Å². The number of amides is 1. The average Bonchev–Trinajstić information content (AvgIpc) is 2.87. The van der Waals surface area contributed by atoms with Crippen molar-refractivity contribution in [2.75, 3.05) is 7.05 Å². The van der Waals surface area contributed by atoms with Gasteiger partial charge in [0.1, 0.15) is 6.04 Å². The van der Waals surface area contributed by atoms with Crippen LogP contribution in [0.5, 0.6) is 0 Å². The van der Waals surface area contributed by atoms with Gasteiger partial charge in [-0.05, 0) is 12.1 Å². The van der Waals surface area contributed by atoms with Gasteiger partial charge in [-0.15, -0.1) is 10.2 Å². The third-order valence-electron chi connectivity index (χ3n) is 2.43. The van der Waals surface area contributed by atoms with Crippen molar-refractivity contribution >= 4 is 5.91 Å². The van der Waals surface area contributed by atoms with Gasteiger partial charge < -0.3 is 5.32 Å². The van der Waals surface area contributed by atoms with Crippen LogP contribution >= 0.6 is 0 Å². The molecule has 1 N–H and O–H groups in total. The molecule has 88 valence electrons. The number of hydrogen-bond acceptors (Lipinski definition) is 4. The molecule has 2 aromatic rings. The van der Waals surface area contributed by atoms with Gasteiger partial charge in [0.2, 0.25) is 11.7 Å². The molecule has 17 heavy (non-hydrogen) atoms. The maximum atomic E-state index is 11.4. The number of rotatable bonds is 3. The van der Waals surface area contributed by atoms with E-state index in [9.17, 15) is 4.79 Å². The largest absolute Gasteiger partial charge is 0.357 e. The SMILES string of the molecule is CNC(=O)C(C)n1nnc(-c2ccccc2)n1. The Kier molecular flexibility index (Phi) is 3.13. The fraction of sp³-hybridized carbons (Fsp3) is 0.273. The quantitative estimate of drug-likeness (QED) is 0.841. The molecule has 0 radical (unpaired) electrons. The van der Waals surface area contributed by atoms with Gasteiger partial charge in [-0.1, -0.05) is 30.3 Å². The van der Waals surface area contributed by atoms with Crippen molar-refractivity contribution in [3.8, 4) is 11.4 Å². The van der Waals surface area contributed by atoms with E-state index in [4.69, 9.17) is 0 Å². The Bertz CT molecular complexity index is 508. The lowest BCUT2D eigenvalue weighted by atomic mass is 10.2. The Labute approximate surface area is 98.6 Å². The van der Waals surface area contributed by atoms with Gasteiger partial charge in [-0.2, -0.15) is 4.80 Å². The summed E-state index contributed by atoms with van der Waals surface area (Å²) in [6.45, 7) is 1.72. The van der Waals surface area contributed by atoms with Crippen molar-refractivity contribution in [2.45, 2.75) is 13.0 Å². The number of carbonyl (C=O) groups is 1. The van der Waals surface area contributed by atoms with Crippen molar-refractivity contribution in [1.29, 1.82) is 0 Å². The maximum absolute atomic E-state index is 11.4. The summed E-state index contributed by atoms with van der Waals surface area (Å²) in [5.74, 6) is 0.364. The highest BCUT2D eigenvalue weighted by atomic mass is 16.2. The number of aromatic nitrogens is 4. The van der Waals surface area contributed by atoms with Gasteiger partial charge in [0.05, 0.1) is 0 Å². The van der Waals surface area contributed by atoms with Gasteiger partial charge in [0, 0.05) is 12.6 Å². The molecule has 6 nitrogen and oxygen atoms in total. The number of nitrogens with zero attached hydrogens (tertiary/aromatic N) is 4. The molecule has 0 aliphatic heterocycles. The van der Waals surface area contributed by atoms with Crippen molar-refractivity contribution < 1.29 is 4.79 Å². The molecule has 6 heteroatoms. The number of benzene rings is 1. The van der Waals surface area contributed by atoms with E-state index in [2.05, 4.69) is 20.7 Å². The summed E-state index contributed by atoms with van der Waals surface area (Å²) < 4.78 is 0. The molecule has 1 aromatic carbocycles. The van der Waals surface area contributed by atoms with Gasteiger partial charge in [0.15, 0.2) is 0 Å². The Hall–Kier alpha value is -2.24. The number of nitrogens with one attached hydrogen (secondary N) is 1. The molecular formula is C11H13N5O. The fourth-order valence-corrected chi connectivity index (χ4v) is 1.41. The van der Waals surface area contributed by atoms with Crippen LogP contribution < -0.4 is 5.32 Å². The van der Waals surface area contributed by atoms with Gasteiger partial charge >= 0.3 is 0 Å². The maximum Gasteiger partial charge on any atom is 0.246 e. The summed E-state index contributed by atoms with van der Waals surface area (Å²) in [4.78, 5) is 12.7. The van der Waals surface area contributed by atoms with E-state index in [0.717, 1.165) is 5.56 Å². The van der Waals surface area contributed by atoms with Crippen LogP contribution in [-0.4, -0.2) is 33.2 Å². The first-order valence-corrected chi connectivity index (χ1v) is 5.29. The molecule has 1 atom stereocenters. The molecule has 0 saturated carbocycles. The minimum absolute atomic E-state index is 0.151. The number of likely N-dealkylation sites (N-methyl/N-ethyl adjacent to an activating group) is 1. The van der Waals surface area contributed by atoms with E-state index < -0.39 is 6.04 Å². The van der Waals surface area contributed by atoms with Crippen LogP contribution in [0.1, 0.15) is 13.0 Å². The van der Waals surface area contributed by atoms with Crippen LogP contribution in [0.4, 0.5) is 0 Å². The topological polar surface area (TPSA) is 72.7 Å². The average molecular weight is 231 g/mol. The van der Waals surface area contributed by atoms with E-state index in [0.29, 0.717) is 5.82 Å². The lowest BCUT2D eigenvalue weighted by Gasteiger charge is -2.06. The normalized spacial score (nSPS) is 12.1. The second kappa shape index (κ2) is 4.73. The zero-order valence-corrected chi connectivity index (χ0v) is 9.66. The molecule has 0 spiro atoms. The van der Waals surface area contributed by atoms with Crippen LogP contribution in [0.15, 0.2) is 30.3 Å². The third kappa shape index (κ3) is 2.30. The first kappa shape index (κ1) is 11.3. The summed E-state index contributed by atoms with van der Waals surface area (Å²) in [5, 5.41) is 14.5. The first-order chi connectivity index (χ1) is 8.22. The Balaban J connectivity index is 2.25. The summed E-state index contributed by atoms with van der Waals surface area (Å²) >= 11 is 0. The highest BCUT2D eigenvalue weighted by Crippen LogP contribution is 2.13. The summed E-state index contributed by atoms with van der Waals surface area (Å²) in [5.41, 5.74) is 0.878. The van der Waals surface area contributed by atoms with Crippen LogP contribution in [0, 0.1) is 0 Å². The van der Waals surface area contributed by atoms with Gasteiger partial charge in [-0.25, -0.2) is 0 Å². The summed E-state index contributed by atoms with van der Waals surface area (Å²) in [6, 6.07) is 9.04. The van der Waals surface area contributed by atoms with Crippen molar-refractivity contribution in [3.05, 3.63) is 30.3 Å². The van der Waals surface area contributed by atoms with E-state index in [1.54, 1.807) is 14.0 Å². The smallest absolute Gasteiger partial charge is 0.246 e. The Morgan fingerprint density at radius 1 is 1.35 bits per heavy atom. The monoisotopic (exact) mass is 231 g/mol. The van der Waals surface area contributed by atoms with E-state index >= 15 is 0 Å². The lowest BCUT2D eigenvalue weighted by Crippen LogP contribution is -2.29. The van der Waals surface area contributed by atoms with Crippen molar-refractivity contribution in [1.82, 2.24) is 25.5 Å². The molecular weight excluding hydrogens is 218 g/mol. The number of hydrogen-bond donors (Lipinski definition) is 1. The minimum Gasteiger partial charge on any atom is -0.357 e. The molecule has 0 aliphatic carbocycles. The van der Waals surface area contributed by atoms with Gasteiger partial charge in [0.25, 0.3) is 0 Å². The molecule has 2 rings (SSSR count). The molecule has 0 aliphatic rings. The lowest BCUT2D eigenvalue weighted by molar-refractivity contribution is -0.123. The zero-order valence-electron chi connectivity index (χ0n) is 9.66. The second-order valence-corrected chi connectivity index (χ2v) is 3.59. The Morgan fingerprint density at radius 3 is 2.71 bits per heavy atom. The first-order valence-electron chi connectivity index (χ1n) is 5.29. The molecule has 0 fully saturated rings. The van der Waals surface area contributed by atoms with E-state index in [1.165, 1.54) is 4.80 Å². The van der Waals surface area contributed by atoms with Crippen LogP contribution in [0.3, 0.4) is 0 Å². The predicted molar refractivity (Wildman–Crippen MR) is 62.0 cm³/mol. The number of tetrazole rings is 1. The molecule has 0 bridgehead atoms. The fourth-order valence-electron chi connectivity index (χ4n) is 1.41. The minimum atomic E-state index is -0.468. The van der Waals surface area contributed by atoms with Gasteiger partial charge in [-0.3, -0.25) is 4.79 Å². The summed E-state index contributed by atoms with van der Waals surface area (Å²) in [6.07, 6.45) is 0. The van der Waals surface area contributed by atoms with Crippen LogP contribution in [0.25, 0.3) is 11.4 Å². The zero-order chi connectivity index (χ0) is 12.3. The standard InChI is InChI=1S/C11H13N5O/c1-8(11(17)12-2)16-14-10(13-15-16)9-6-4-3-5-7-9/h3-8H,1-2H3,(H,12,17). The Morgan fingerprint density at radius 2 is 2.06 bits per heavy atom. The predicted octanol–water partition coefficient (Wildman–Crippen LogP) is 0.647. The summed E-state index contributed by atoms with van der Waals surface area (Å²) in [7, 11) is 1.58. The molecule has 1 aromatic heterocycles. The molecule has 1 unspecified atom stereocenters. The van der Waals surface area contributed by atoms with Crippen LogP contribution in [-0.2, 0) is 4.79 Å². The highest BCUT2D eigenvalue weighted by Gasteiger charge is 2.16. The van der Waals surface area contributed by atoms with Crippen molar-refractivity contribution in [2.24, 2.45) is 0 Å².